The lowest BCUT2D eigenvalue weighted by molar-refractivity contribution is 0.397. The molecule has 4 rings (SSSR count). The average Bonchev–Trinajstić information content (AvgIpc) is 3.04. The minimum absolute atomic E-state index is 0.602. The largest absolute Gasteiger partial charge is 0.481 e. The third-order valence-corrected chi connectivity index (χ3v) is 4.57. The van der Waals surface area contributed by atoms with Crippen LogP contribution in [0.1, 0.15) is 5.56 Å². The summed E-state index contributed by atoms with van der Waals surface area (Å²) in [6.45, 7) is 2.03. The summed E-state index contributed by atoms with van der Waals surface area (Å²) in [4.78, 5) is 12.3. The highest BCUT2D eigenvalue weighted by atomic mass is 35.5. The number of aromatic nitrogens is 3. The Labute approximate surface area is 150 Å². The van der Waals surface area contributed by atoms with Crippen LogP contribution in [0.25, 0.3) is 33.4 Å². The van der Waals surface area contributed by atoms with Crippen molar-refractivity contribution in [3.63, 3.8) is 0 Å². The van der Waals surface area contributed by atoms with Gasteiger partial charge in [0.1, 0.15) is 0 Å². The molecule has 0 saturated heterocycles. The number of aryl methyl sites for hydroxylation is 1. The lowest BCUT2D eigenvalue weighted by Gasteiger charge is -2.06. The summed E-state index contributed by atoms with van der Waals surface area (Å²) in [5.74, 6) is 0.602. The SMILES string of the molecule is COc1cc(C)c(-c2cc3cc(-c4ccccc4Cl)[nH]c3cn2)cn1. The first-order chi connectivity index (χ1) is 12.2. The van der Waals surface area contributed by atoms with Crippen molar-refractivity contribution in [2.75, 3.05) is 7.11 Å². The molecule has 0 fully saturated rings. The van der Waals surface area contributed by atoms with Crippen LogP contribution in [0, 0.1) is 6.92 Å². The molecule has 25 heavy (non-hydrogen) atoms. The van der Waals surface area contributed by atoms with Crippen LogP contribution in [0.3, 0.4) is 0 Å². The number of halogens is 1. The van der Waals surface area contributed by atoms with Crippen LogP contribution in [0.2, 0.25) is 5.02 Å². The van der Waals surface area contributed by atoms with Gasteiger partial charge in [0.2, 0.25) is 5.88 Å². The van der Waals surface area contributed by atoms with Gasteiger partial charge in [-0.2, -0.15) is 0 Å². The van der Waals surface area contributed by atoms with E-state index in [1.807, 2.05) is 43.5 Å². The Hall–Kier alpha value is -2.85. The molecule has 3 aromatic heterocycles. The second-order valence-electron chi connectivity index (χ2n) is 5.86. The predicted molar refractivity (Wildman–Crippen MR) is 101 cm³/mol. The fourth-order valence-electron chi connectivity index (χ4n) is 2.91. The molecule has 0 unspecified atom stereocenters. The molecule has 4 aromatic rings. The van der Waals surface area contributed by atoms with Gasteiger partial charge in [-0.05, 0) is 30.7 Å². The molecule has 0 aliphatic carbocycles. The number of nitrogens with zero attached hydrogens (tertiary/aromatic N) is 2. The van der Waals surface area contributed by atoms with Gasteiger partial charge in [-0.15, -0.1) is 0 Å². The highest BCUT2D eigenvalue weighted by Crippen LogP contribution is 2.31. The van der Waals surface area contributed by atoms with E-state index in [1.165, 1.54) is 0 Å². The highest BCUT2D eigenvalue weighted by Gasteiger charge is 2.10. The number of fused-ring (bicyclic) bond motifs is 1. The molecular formula is C20H16ClN3O. The van der Waals surface area contributed by atoms with E-state index in [0.717, 1.165) is 44.0 Å². The van der Waals surface area contributed by atoms with E-state index in [1.54, 1.807) is 13.3 Å². The molecule has 5 heteroatoms. The quantitative estimate of drug-likeness (QED) is 0.548. The summed E-state index contributed by atoms with van der Waals surface area (Å²) in [6, 6.07) is 13.8. The lowest BCUT2D eigenvalue weighted by atomic mass is 10.1. The fraction of sp³-hybridized carbons (Fsp3) is 0.100. The van der Waals surface area contributed by atoms with Crippen molar-refractivity contribution in [2.24, 2.45) is 0 Å². The minimum atomic E-state index is 0.602. The molecule has 0 spiro atoms. The van der Waals surface area contributed by atoms with Crippen LogP contribution in [0.15, 0.2) is 54.9 Å². The van der Waals surface area contributed by atoms with Gasteiger partial charge >= 0.3 is 0 Å². The number of nitrogens with one attached hydrogen (secondary N) is 1. The molecule has 0 radical (unpaired) electrons. The molecule has 4 nitrogen and oxygen atoms in total. The maximum Gasteiger partial charge on any atom is 0.213 e. The zero-order valence-corrected chi connectivity index (χ0v) is 14.6. The lowest BCUT2D eigenvalue weighted by Crippen LogP contribution is -1.92. The number of rotatable bonds is 3. The van der Waals surface area contributed by atoms with Crippen molar-refractivity contribution in [3.8, 4) is 28.4 Å². The summed E-state index contributed by atoms with van der Waals surface area (Å²) in [5, 5.41) is 1.80. The third kappa shape index (κ3) is 2.85. The van der Waals surface area contributed by atoms with E-state index < -0.39 is 0 Å². The predicted octanol–water partition coefficient (Wildman–Crippen LogP) is 5.26. The van der Waals surface area contributed by atoms with Gasteiger partial charge in [-0.25, -0.2) is 4.98 Å². The molecule has 0 bridgehead atoms. The topological polar surface area (TPSA) is 50.8 Å². The number of hydrogen-bond donors (Lipinski definition) is 1. The van der Waals surface area contributed by atoms with Crippen molar-refractivity contribution in [1.82, 2.24) is 15.0 Å². The van der Waals surface area contributed by atoms with Gasteiger partial charge in [-0.3, -0.25) is 4.98 Å². The monoisotopic (exact) mass is 349 g/mol. The first-order valence-corrected chi connectivity index (χ1v) is 8.28. The van der Waals surface area contributed by atoms with Crippen molar-refractivity contribution in [1.29, 1.82) is 0 Å². The zero-order valence-electron chi connectivity index (χ0n) is 13.9. The second kappa shape index (κ2) is 6.22. The Balaban J connectivity index is 1.80. The van der Waals surface area contributed by atoms with Gasteiger partial charge in [0.15, 0.2) is 0 Å². The Kier molecular flexibility index (Phi) is 3.90. The maximum absolute atomic E-state index is 6.31. The summed E-state index contributed by atoms with van der Waals surface area (Å²) >= 11 is 6.31. The van der Waals surface area contributed by atoms with Crippen LogP contribution in [0.4, 0.5) is 0 Å². The van der Waals surface area contributed by atoms with Crippen LogP contribution in [-0.4, -0.2) is 22.1 Å². The molecular weight excluding hydrogens is 334 g/mol. The number of benzene rings is 1. The third-order valence-electron chi connectivity index (χ3n) is 4.24. The number of hydrogen-bond acceptors (Lipinski definition) is 3. The van der Waals surface area contributed by atoms with Crippen molar-refractivity contribution >= 4 is 22.5 Å². The first-order valence-electron chi connectivity index (χ1n) is 7.90. The Morgan fingerprint density at radius 3 is 2.60 bits per heavy atom. The summed E-state index contributed by atoms with van der Waals surface area (Å²) in [6.07, 6.45) is 3.64. The summed E-state index contributed by atoms with van der Waals surface area (Å²) in [5.41, 5.74) is 5.86. The van der Waals surface area contributed by atoms with Crippen LogP contribution in [-0.2, 0) is 0 Å². The number of H-pyrrole nitrogens is 1. The number of pyridine rings is 2. The smallest absolute Gasteiger partial charge is 0.213 e. The van der Waals surface area contributed by atoms with E-state index in [4.69, 9.17) is 16.3 Å². The maximum atomic E-state index is 6.31. The van der Waals surface area contributed by atoms with Gasteiger partial charge in [0.25, 0.3) is 0 Å². The van der Waals surface area contributed by atoms with Gasteiger partial charge in [0.05, 0.1) is 24.5 Å². The molecule has 1 N–H and O–H groups in total. The molecule has 0 amide bonds. The highest BCUT2D eigenvalue weighted by molar-refractivity contribution is 6.33. The van der Waals surface area contributed by atoms with Gasteiger partial charge in [0, 0.05) is 39.5 Å². The number of ether oxygens (including phenoxy) is 1. The average molecular weight is 350 g/mol. The van der Waals surface area contributed by atoms with E-state index >= 15 is 0 Å². The molecule has 1 aromatic carbocycles. The number of aromatic amines is 1. The molecule has 124 valence electrons. The molecule has 3 heterocycles. The second-order valence-corrected chi connectivity index (χ2v) is 6.27. The van der Waals surface area contributed by atoms with Crippen LogP contribution >= 0.6 is 11.6 Å². The molecule has 0 aliphatic heterocycles. The van der Waals surface area contributed by atoms with Crippen LogP contribution in [0.5, 0.6) is 5.88 Å². The molecule has 0 saturated carbocycles. The van der Waals surface area contributed by atoms with E-state index in [9.17, 15) is 0 Å². The Morgan fingerprint density at radius 2 is 1.84 bits per heavy atom. The standard InChI is InChI=1S/C20H16ClN3O/c1-12-7-20(25-2)23-10-15(12)17-8-13-9-18(24-19(13)11-22-17)14-5-3-4-6-16(14)21/h3-11,24H,1-2H3. The molecule has 0 aliphatic rings. The molecule has 0 atom stereocenters. The van der Waals surface area contributed by atoms with Gasteiger partial charge < -0.3 is 9.72 Å². The van der Waals surface area contributed by atoms with Crippen molar-refractivity contribution < 1.29 is 4.74 Å². The van der Waals surface area contributed by atoms with Crippen LogP contribution < -0.4 is 4.74 Å². The van der Waals surface area contributed by atoms with Crippen molar-refractivity contribution in [3.05, 3.63) is 65.4 Å². The Morgan fingerprint density at radius 1 is 1.00 bits per heavy atom. The number of methoxy groups -OCH3 is 1. The summed E-state index contributed by atoms with van der Waals surface area (Å²) < 4.78 is 5.17. The van der Waals surface area contributed by atoms with E-state index in [-0.39, 0.29) is 0 Å². The van der Waals surface area contributed by atoms with Crippen molar-refractivity contribution in [2.45, 2.75) is 6.92 Å². The first kappa shape index (κ1) is 15.7. The summed E-state index contributed by atoms with van der Waals surface area (Å²) in [7, 11) is 1.61. The normalized spacial score (nSPS) is 11.0. The van der Waals surface area contributed by atoms with E-state index in [0.29, 0.717) is 5.88 Å². The zero-order chi connectivity index (χ0) is 17.4. The fourth-order valence-corrected chi connectivity index (χ4v) is 3.15. The van der Waals surface area contributed by atoms with E-state index in [2.05, 4.69) is 27.1 Å². The van der Waals surface area contributed by atoms with Gasteiger partial charge in [-0.1, -0.05) is 29.8 Å². The Bertz CT molecular complexity index is 1070. The minimum Gasteiger partial charge on any atom is -0.481 e.